The molecular weight excluding hydrogens is 274 g/mol. The molecule has 0 saturated carbocycles. The zero-order valence-corrected chi connectivity index (χ0v) is 13.8. The number of hydrogen-bond donors (Lipinski definition) is 1. The Balaban J connectivity index is 1.51. The molecule has 0 aliphatic carbocycles. The molecule has 1 heterocycles. The topological polar surface area (TPSA) is 35.6 Å². The Bertz CT molecular complexity index is 427. The van der Waals surface area contributed by atoms with Crippen LogP contribution < -0.4 is 5.32 Å². The van der Waals surface area contributed by atoms with E-state index in [0.29, 0.717) is 6.42 Å². The number of amides is 1. The van der Waals surface area contributed by atoms with Gasteiger partial charge >= 0.3 is 0 Å². The molecule has 0 aromatic heterocycles. The zero-order chi connectivity index (χ0) is 15.6. The van der Waals surface area contributed by atoms with E-state index < -0.39 is 0 Å². The second-order valence-electron chi connectivity index (χ2n) is 5.97. The molecule has 0 atom stereocenters. The minimum absolute atomic E-state index is 0.186. The maximum atomic E-state index is 11.9. The molecule has 0 unspecified atom stereocenters. The standard InChI is InChI=1S/C18H29N3O/c1-2-20-13-15-21(16-14-20)12-10-18(22)19-11-6-9-17-7-4-3-5-8-17/h3-5,7-8H,2,6,9-16H2,1H3,(H,19,22). The highest BCUT2D eigenvalue weighted by atomic mass is 16.1. The Labute approximate surface area is 134 Å². The average molecular weight is 303 g/mol. The van der Waals surface area contributed by atoms with Gasteiger partial charge in [0.1, 0.15) is 0 Å². The highest BCUT2D eigenvalue weighted by molar-refractivity contribution is 5.76. The summed E-state index contributed by atoms with van der Waals surface area (Å²) >= 11 is 0. The Kier molecular flexibility index (Phi) is 7.40. The fraction of sp³-hybridized carbons (Fsp3) is 0.611. The van der Waals surface area contributed by atoms with Crippen molar-refractivity contribution in [3.63, 3.8) is 0 Å². The molecule has 1 fully saturated rings. The summed E-state index contributed by atoms with van der Waals surface area (Å²) in [5, 5.41) is 3.04. The summed E-state index contributed by atoms with van der Waals surface area (Å²) in [4.78, 5) is 16.7. The normalized spacial score (nSPS) is 16.6. The number of piperazine rings is 1. The first-order chi connectivity index (χ1) is 10.8. The first-order valence-corrected chi connectivity index (χ1v) is 8.53. The minimum atomic E-state index is 0.186. The van der Waals surface area contributed by atoms with Crippen LogP contribution in [-0.4, -0.2) is 61.5 Å². The molecule has 4 nitrogen and oxygen atoms in total. The zero-order valence-electron chi connectivity index (χ0n) is 13.8. The number of carbonyl (C=O) groups excluding carboxylic acids is 1. The van der Waals surface area contributed by atoms with Gasteiger partial charge in [0, 0.05) is 45.7 Å². The Morgan fingerprint density at radius 1 is 1.09 bits per heavy atom. The van der Waals surface area contributed by atoms with Crippen LogP contribution in [0.15, 0.2) is 30.3 Å². The lowest BCUT2D eigenvalue weighted by molar-refractivity contribution is -0.121. The molecule has 22 heavy (non-hydrogen) atoms. The predicted octanol–water partition coefficient (Wildman–Crippen LogP) is 1.76. The van der Waals surface area contributed by atoms with Crippen LogP contribution in [0.4, 0.5) is 0 Å². The van der Waals surface area contributed by atoms with E-state index in [4.69, 9.17) is 0 Å². The second kappa shape index (κ2) is 9.59. The number of benzene rings is 1. The molecular formula is C18H29N3O. The van der Waals surface area contributed by atoms with E-state index in [2.05, 4.69) is 46.3 Å². The fourth-order valence-electron chi connectivity index (χ4n) is 2.84. The first-order valence-electron chi connectivity index (χ1n) is 8.53. The number of hydrogen-bond acceptors (Lipinski definition) is 3. The lowest BCUT2D eigenvalue weighted by atomic mass is 10.1. The van der Waals surface area contributed by atoms with Gasteiger partial charge in [-0.05, 0) is 24.9 Å². The van der Waals surface area contributed by atoms with Crippen molar-refractivity contribution >= 4 is 5.91 Å². The average Bonchev–Trinajstić information content (AvgIpc) is 2.58. The van der Waals surface area contributed by atoms with Gasteiger partial charge in [-0.1, -0.05) is 37.3 Å². The molecule has 1 saturated heterocycles. The smallest absolute Gasteiger partial charge is 0.221 e. The molecule has 0 spiro atoms. The third-order valence-electron chi connectivity index (χ3n) is 4.37. The van der Waals surface area contributed by atoms with Crippen LogP contribution >= 0.6 is 0 Å². The quantitative estimate of drug-likeness (QED) is 0.743. The van der Waals surface area contributed by atoms with Crippen LogP contribution in [-0.2, 0) is 11.2 Å². The van der Waals surface area contributed by atoms with Gasteiger partial charge in [-0.2, -0.15) is 0 Å². The number of rotatable bonds is 8. The van der Waals surface area contributed by atoms with Crippen LogP contribution in [0, 0.1) is 0 Å². The summed E-state index contributed by atoms with van der Waals surface area (Å²) in [7, 11) is 0. The van der Waals surface area contributed by atoms with Crippen LogP contribution in [0.25, 0.3) is 0 Å². The largest absolute Gasteiger partial charge is 0.356 e. The van der Waals surface area contributed by atoms with Gasteiger partial charge in [0.25, 0.3) is 0 Å². The van der Waals surface area contributed by atoms with E-state index in [1.807, 2.05) is 6.07 Å². The third-order valence-corrected chi connectivity index (χ3v) is 4.37. The molecule has 0 bridgehead atoms. The Morgan fingerprint density at radius 3 is 2.45 bits per heavy atom. The van der Waals surface area contributed by atoms with Crippen molar-refractivity contribution in [1.82, 2.24) is 15.1 Å². The van der Waals surface area contributed by atoms with E-state index in [1.54, 1.807) is 0 Å². The van der Waals surface area contributed by atoms with Crippen molar-refractivity contribution in [2.45, 2.75) is 26.2 Å². The number of carbonyl (C=O) groups is 1. The van der Waals surface area contributed by atoms with Gasteiger partial charge in [0.2, 0.25) is 5.91 Å². The van der Waals surface area contributed by atoms with Crippen molar-refractivity contribution in [2.75, 3.05) is 45.8 Å². The van der Waals surface area contributed by atoms with Crippen molar-refractivity contribution in [1.29, 1.82) is 0 Å². The van der Waals surface area contributed by atoms with Crippen molar-refractivity contribution in [3.8, 4) is 0 Å². The summed E-state index contributed by atoms with van der Waals surface area (Å²) < 4.78 is 0. The molecule has 1 amide bonds. The first kappa shape index (κ1) is 17.0. The summed E-state index contributed by atoms with van der Waals surface area (Å²) in [6.07, 6.45) is 2.66. The van der Waals surface area contributed by atoms with Gasteiger partial charge in [-0.3, -0.25) is 4.79 Å². The van der Waals surface area contributed by atoms with E-state index >= 15 is 0 Å². The number of likely N-dealkylation sites (N-methyl/N-ethyl adjacent to an activating group) is 1. The Hall–Kier alpha value is -1.39. The SMILES string of the molecule is CCN1CCN(CCC(=O)NCCCc2ccccc2)CC1. The van der Waals surface area contributed by atoms with Crippen LogP contribution in [0.1, 0.15) is 25.3 Å². The molecule has 2 rings (SSSR count). The molecule has 4 heteroatoms. The summed E-state index contributed by atoms with van der Waals surface area (Å²) in [6, 6.07) is 10.4. The van der Waals surface area contributed by atoms with Gasteiger partial charge in [0.15, 0.2) is 0 Å². The Morgan fingerprint density at radius 2 is 1.77 bits per heavy atom. The van der Waals surface area contributed by atoms with Gasteiger partial charge < -0.3 is 15.1 Å². The lowest BCUT2D eigenvalue weighted by Crippen LogP contribution is -2.47. The molecule has 122 valence electrons. The van der Waals surface area contributed by atoms with Crippen LogP contribution in [0.3, 0.4) is 0 Å². The molecule has 1 aliphatic rings. The van der Waals surface area contributed by atoms with Gasteiger partial charge in [-0.25, -0.2) is 0 Å². The molecule has 1 aliphatic heterocycles. The van der Waals surface area contributed by atoms with Gasteiger partial charge in [-0.15, -0.1) is 0 Å². The van der Waals surface area contributed by atoms with Crippen molar-refractivity contribution < 1.29 is 4.79 Å². The lowest BCUT2D eigenvalue weighted by Gasteiger charge is -2.33. The fourth-order valence-corrected chi connectivity index (χ4v) is 2.84. The molecule has 1 aromatic carbocycles. The predicted molar refractivity (Wildman–Crippen MR) is 90.9 cm³/mol. The summed E-state index contributed by atoms with van der Waals surface area (Å²) in [5.74, 6) is 0.186. The van der Waals surface area contributed by atoms with E-state index in [9.17, 15) is 4.79 Å². The second-order valence-corrected chi connectivity index (χ2v) is 5.97. The molecule has 1 aromatic rings. The minimum Gasteiger partial charge on any atom is -0.356 e. The maximum absolute atomic E-state index is 11.9. The van der Waals surface area contributed by atoms with Crippen LogP contribution in [0.5, 0.6) is 0 Å². The highest BCUT2D eigenvalue weighted by Gasteiger charge is 2.15. The van der Waals surface area contributed by atoms with E-state index in [0.717, 1.165) is 58.7 Å². The number of nitrogens with one attached hydrogen (secondary N) is 1. The molecule has 1 N–H and O–H groups in total. The summed E-state index contributed by atoms with van der Waals surface area (Å²) in [5.41, 5.74) is 1.34. The highest BCUT2D eigenvalue weighted by Crippen LogP contribution is 2.03. The van der Waals surface area contributed by atoms with E-state index in [-0.39, 0.29) is 5.91 Å². The summed E-state index contributed by atoms with van der Waals surface area (Å²) in [6.45, 7) is 9.46. The maximum Gasteiger partial charge on any atom is 0.221 e. The number of nitrogens with zero attached hydrogens (tertiary/aromatic N) is 2. The van der Waals surface area contributed by atoms with E-state index in [1.165, 1.54) is 5.56 Å². The van der Waals surface area contributed by atoms with Crippen molar-refractivity contribution in [2.24, 2.45) is 0 Å². The number of aryl methyl sites for hydroxylation is 1. The molecule has 0 radical (unpaired) electrons. The van der Waals surface area contributed by atoms with Gasteiger partial charge in [0.05, 0.1) is 0 Å². The van der Waals surface area contributed by atoms with Crippen molar-refractivity contribution in [3.05, 3.63) is 35.9 Å². The third kappa shape index (κ3) is 6.16. The van der Waals surface area contributed by atoms with Crippen LogP contribution in [0.2, 0.25) is 0 Å². The monoisotopic (exact) mass is 303 g/mol.